The molecule has 2 aromatic heterocycles. The Morgan fingerprint density at radius 2 is 1.60 bits per heavy atom. The van der Waals surface area contributed by atoms with Crippen molar-refractivity contribution >= 4 is 57.7 Å². The van der Waals surface area contributed by atoms with Gasteiger partial charge in [-0.05, 0) is 55.5 Å². The molecule has 0 fully saturated rings. The van der Waals surface area contributed by atoms with Crippen molar-refractivity contribution in [1.29, 1.82) is 0 Å². The molecule has 5 aromatic rings. The Morgan fingerprint density at radius 3 is 2.29 bits per heavy atom. The molecule has 0 radical (unpaired) electrons. The number of carbonyl (C=O) groups excluding carboxylic acids is 3. The third-order valence-corrected chi connectivity index (χ3v) is 7.76. The highest BCUT2D eigenvalue weighted by molar-refractivity contribution is 8.00. The molecule has 3 aromatic carbocycles. The van der Waals surface area contributed by atoms with E-state index >= 15 is 0 Å². The number of benzene rings is 3. The number of nitrogens with one attached hydrogen (secondary N) is 3. The van der Waals surface area contributed by atoms with Crippen LogP contribution in [0.1, 0.15) is 23.0 Å². The largest absolute Gasteiger partial charge is 0.457 e. The van der Waals surface area contributed by atoms with E-state index < -0.39 is 11.8 Å². The summed E-state index contributed by atoms with van der Waals surface area (Å²) in [5.74, 6) is -0.0514. The normalized spacial score (nSPS) is 11.9. The van der Waals surface area contributed by atoms with Crippen LogP contribution in [-0.4, -0.2) is 28.0 Å². The standard InChI is InChI=1S/C32H26N4O4S2/c1-21(29(37)36-32-33-18-19-41-32)42-26-15-12-24(13-16-26)34-31(39)27(35-30(38)23-10-6-3-7-11-23)20-25-14-17-28(40-25)22-8-4-2-5-9-22/h2-21H,1H3,(H,34,39)(H,35,38)(H,33,36,37)/b27-20-/t21-/m1/s1. The van der Waals surface area contributed by atoms with E-state index in [9.17, 15) is 14.4 Å². The summed E-state index contributed by atoms with van der Waals surface area (Å²) in [6.07, 6.45) is 3.13. The number of amides is 3. The lowest BCUT2D eigenvalue weighted by Gasteiger charge is -2.13. The molecule has 0 unspecified atom stereocenters. The molecule has 0 aliphatic carbocycles. The second-order valence-electron chi connectivity index (χ2n) is 9.01. The van der Waals surface area contributed by atoms with E-state index in [0.29, 0.717) is 27.9 Å². The van der Waals surface area contributed by atoms with Crippen LogP contribution >= 0.6 is 23.1 Å². The van der Waals surface area contributed by atoms with Crippen LogP contribution < -0.4 is 16.0 Å². The molecular weight excluding hydrogens is 569 g/mol. The summed E-state index contributed by atoms with van der Waals surface area (Å²) in [5.41, 5.74) is 1.84. The SMILES string of the molecule is C[C@@H](Sc1ccc(NC(=O)/C(=C/c2ccc(-c3ccccc3)o2)NC(=O)c2ccccc2)cc1)C(=O)Nc1nccs1. The molecule has 1 atom stereocenters. The lowest BCUT2D eigenvalue weighted by Crippen LogP contribution is -2.30. The fraction of sp³-hybridized carbons (Fsp3) is 0.0625. The van der Waals surface area contributed by atoms with Gasteiger partial charge >= 0.3 is 0 Å². The van der Waals surface area contributed by atoms with Gasteiger partial charge in [-0.2, -0.15) is 0 Å². The molecule has 3 N–H and O–H groups in total. The predicted molar refractivity (Wildman–Crippen MR) is 167 cm³/mol. The van der Waals surface area contributed by atoms with E-state index in [0.717, 1.165) is 10.5 Å². The van der Waals surface area contributed by atoms with Crippen molar-refractivity contribution in [2.45, 2.75) is 17.1 Å². The summed E-state index contributed by atoms with van der Waals surface area (Å²) < 4.78 is 5.95. The molecule has 5 rings (SSSR count). The Balaban J connectivity index is 1.29. The molecule has 3 amide bonds. The van der Waals surface area contributed by atoms with Crippen LogP contribution in [0.2, 0.25) is 0 Å². The summed E-state index contributed by atoms with van der Waals surface area (Å²) in [5, 5.41) is 10.3. The average molecular weight is 595 g/mol. The quantitative estimate of drug-likeness (QED) is 0.119. The monoisotopic (exact) mass is 594 g/mol. The van der Waals surface area contributed by atoms with Gasteiger partial charge in [-0.1, -0.05) is 48.5 Å². The average Bonchev–Trinajstić information content (AvgIpc) is 3.71. The van der Waals surface area contributed by atoms with Crippen LogP contribution in [0.3, 0.4) is 0 Å². The molecule has 8 nitrogen and oxygen atoms in total. The van der Waals surface area contributed by atoms with Crippen LogP contribution in [-0.2, 0) is 9.59 Å². The number of aromatic nitrogens is 1. The van der Waals surface area contributed by atoms with E-state index in [-0.39, 0.29) is 16.9 Å². The van der Waals surface area contributed by atoms with Gasteiger partial charge in [-0.15, -0.1) is 23.1 Å². The van der Waals surface area contributed by atoms with Crippen molar-refractivity contribution in [3.8, 4) is 11.3 Å². The Hall–Kier alpha value is -4.93. The van der Waals surface area contributed by atoms with Crippen LogP contribution in [0.25, 0.3) is 17.4 Å². The Morgan fingerprint density at radius 1 is 0.881 bits per heavy atom. The first kappa shape index (κ1) is 28.6. The van der Waals surface area contributed by atoms with Gasteiger partial charge in [-0.25, -0.2) is 4.98 Å². The molecule has 0 bridgehead atoms. The second kappa shape index (κ2) is 13.6. The molecule has 42 heavy (non-hydrogen) atoms. The summed E-state index contributed by atoms with van der Waals surface area (Å²) in [6, 6.07) is 28.9. The summed E-state index contributed by atoms with van der Waals surface area (Å²) in [4.78, 5) is 43.7. The van der Waals surface area contributed by atoms with Crippen molar-refractivity contribution in [2.24, 2.45) is 0 Å². The zero-order valence-corrected chi connectivity index (χ0v) is 24.1. The number of anilines is 2. The lowest BCUT2D eigenvalue weighted by molar-refractivity contribution is -0.115. The van der Waals surface area contributed by atoms with E-state index in [1.807, 2.05) is 61.5 Å². The maximum atomic E-state index is 13.4. The van der Waals surface area contributed by atoms with Crippen molar-refractivity contribution < 1.29 is 18.8 Å². The molecule has 210 valence electrons. The van der Waals surface area contributed by atoms with E-state index in [1.54, 1.807) is 54.0 Å². The number of thiazole rings is 1. The number of thioether (sulfide) groups is 1. The third-order valence-electron chi connectivity index (χ3n) is 5.96. The van der Waals surface area contributed by atoms with Crippen molar-refractivity contribution in [3.05, 3.63) is 126 Å². The fourth-order valence-corrected chi connectivity index (χ4v) is 5.24. The minimum atomic E-state index is -0.520. The number of carbonyl (C=O) groups is 3. The maximum absolute atomic E-state index is 13.4. The number of nitrogens with zero attached hydrogens (tertiary/aromatic N) is 1. The molecular formula is C32H26N4O4S2. The van der Waals surface area contributed by atoms with E-state index in [1.165, 1.54) is 29.2 Å². The van der Waals surface area contributed by atoms with Gasteiger partial charge in [0.05, 0.1) is 5.25 Å². The Labute approximate surface area is 250 Å². The van der Waals surface area contributed by atoms with Gasteiger partial charge in [0.2, 0.25) is 5.91 Å². The zero-order chi connectivity index (χ0) is 29.3. The van der Waals surface area contributed by atoms with Gasteiger partial charge in [0, 0.05) is 39.4 Å². The number of furan rings is 1. The maximum Gasteiger partial charge on any atom is 0.272 e. The van der Waals surface area contributed by atoms with Crippen LogP contribution in [0.5, 0.6) is 0 Å². The predicted octanol–water partition coefficient (Wildman–Crippen LogP) is 6.93. The Bertz CT molecular complexity index is 1680. The van der Waals surface area contributed by atoms with Crippen LogP contribution in [0.4, 0.5) is 10.8 Å². The molecule has 10 heteroatoms. The van der Waals surface area contributed by atoms with Gasteiger partial charge in [0.1, 0.15) is 17.2 Å². The molecule has 2 heterocycles. The molecule has 0 aliphatic heterocycles. The topological polar surface area (TPSA) is 113 Å². The summed E-state index contributed by atoms with van der Waals surface area (Å²) in [6.45, 7) is 1.81. The molecule has 0 saturated heterocycles. The van der Waals surface area contributed by atoms with Crippen molar-refractivity contribution in [3.63, 3.8) is 0 Å². The first-order chi connectivity index (χ1) is 20.4. The fourth-order valence-electron chi connectivity index (χ4n) is 3.84. The van der Waals surface area contributed by atoms with Crippen molar-refractivity contribution in [1.82, 2.24) is 10.3 Å². The summed E-state index contributed by atoms with van der Waals surface area (Å²) >= 11 is 2.75. The molecule has 0 saturated carbocycles. The first-order valence-electron chi connectivity index (χ1n) is 13.0. The molecule has 0 aliphatic rings. The van der Waals surface area contributed by atoms with E-state index in [2.05, 4.69) is 20.9 Å². The first-order valence-corrected chi connectivity index (χ1v) is 14.7. The minimum absolute atomic E-state index is 0.0174. The van der Waals surface area contributed by atoms with Crippen LogP contribution in [0, 0.1) is 0 Å². The van der Waals surface area contributed by atoms with Gasteiger partial charge in [0.15, 0.2) is 5.13 Å². The minimum Gasteiger partial charge on any atom is -0.457 e. The number of rotatable bonds is 10. The van der Waals surface area contributed by atoms with Crippen LogP contribution in [0.15, 0.2) is 124 Å². The molecule has 0 spiro atoms. The van der Waals surface area contributed by atoms with Crippen molar-refractivity contribution in [2.75, 3.05) is 10.6 Å². The van der Waals surface area contributed by atoms with Gasteiger partial charge < -0.3 is 20.4 Å². The number of hydrogen-bond acceptors (Lipinski definition) is 7. The van der Waals surface area contributed by atoms with Gasteiger partial charge in [-0.3, -0.25) is 14.4 Å². The highest BCUT2D eigenvalue weighted by Gasteiger charge is 2.18. The third kappa shape index (κ3) is 7.62. The lowest BCUT2D eigenvalue weighted by atomic mass is 10.2. The zero-order valence-electron chi connectivity index (χ0n) is 22.4. The Kier molecular flexibility index (Phi) is 9.27. The smallest absolute Gasteiger partial charge is 0.272 e. The van der Waals surface area contributed by atoms with Gasteiger partial charge in [0.25, 0.3) is 11.8 Å². The summed E-state index contributed by atoms with van der Waals surface area (Å²) in [7, 11) is 0. The number of hydrogen-bond donors (Lipinski definition) is 3. The van der Waals surface area contributed by atoms with E-state index in [4.69, 9.17) is 4.42 Å². The highest BCUT2D eigenvalue weighted by atomic mass is 32.2. The second-order valence-corrected chi connectivity index (χ2v) is 11.3. The highest BCUT2D eigenvalue weighted by Crippen LogP contribution is 2.27.